The summed E-state index contributed by atoms with van der Waals surface area (Å²) in [6, 6.07) is 0.184. The van der Waals surface area contributed by atoms with Crippen molar-refractivity contribution in [2.75, 3.05) is 5.75 Å². The molecule has 0 radical (unpaired) electrons. The maximum atomic E-state index is 11.3. The van der Waals surface area contributed by atoms with Crippen LogP contribution in [-0.2, 0) is 10.1 Å². The van der Waals surface area contributed by atoms with E-state index in [-0.39, 0.29) is 17.7 Å². The van der Waals surface area contributed by atoms with Gasteiger partial charge in [0.1, 0.15) is 0 Å². The normalized spacial score (nSPS) is 13.7. The van der Waals surface area contributed by atoms with Crippen LogP contribution in [0.1, 0.15) is 105 Å². The fraction of sp³-hybridized carbons (Fsp3) is 1.00. The molecule has 0 aromatic heterocycles. The van der Waals surface area contributed by atoms with Gasteiger partial charge in [-0.25, -0.2) is 0 Å². The van der Waals surface area contributed by atoms with E-state index >= 15 is 0 Å². The molecular formula is C20H43NO3S. The smallest absolute Gasteiger partial charge is 0.266 e. The Balaban J connectivity index is 4.49. The molecule has 0 aliphatic heterocycles. The molecule has 0 saturated heterocycles. The van der Waals surface area contributed by atoms with E-state index in [1.807, 2.05) is 13.8 Å². The fourth-order valence-corrected chi connectivity index (χ4v) is 4.20. The minimum absolute atomic E-state index is 0.175. The largest absolute Gasteiger partial charge is 0.310 e. The van der Waals surface area contributed by atoms with Gasteiger partial charge in [-0.3, -0.25) is 4.55 Å². The number of nitrogens with one attached hydrogen (secondary N) is 1. The highest BCUT2D eigenvalue weighted by Crippen LogP contribution is 2.16. The molecule has 0 aliphatic rings. The van der Waals surface area contributed by atoms with Crippen LogP contribution in [0.25, 0.3) is 0 Å². The number of unbranched alkanes of at least 4 members (excludes halogenated alkanes) is 8. The molecule has 4 nitrogen and oxygen atoms in total. The van der Waals surface area contributed by atoms with E-state index < -0.39 is 10.1 Å². The third kappa shape index (κ3) is 15.8. The Morgan fingerprint density at radius 2 is 1.24 bits per heavy atom. The van der Waals surface area contributed by atoms with Crippen molar-refractivity contribution in [1.82, 2.24) is 5.32 Å². The minimum atomic E-state index is -3.94. The van der Waals surface area contributed by atoms with Crippen LogP contribution in [0, 0.1) is 5.92 Å². The van der Waals surface area contributed by atoms with Crippen LogP contribution in [0.3, 0.4) is 0 Å². The summed E-state index contributed by atoms with van der Waals surface area (Å²) < 4.78 is 31.8. The van der Waals surface area contributed by atoms with Gasteiger partial charge in [-0.1, -0.05) is 91.9 Å². The second-order valence-corrected chi connectivity index (χ2v) is 9.37. The zero-order chi connectivity index (χ0) is 19.1. The number of hydrogen-bond acceptors (Lipinski definition) is 3. The quantitative estimate of drug-likeness (QED) is 0.256. The molecular weight excluding hydrogens is 334 g/mol. The summed E-state index contributed by atoms with van der Waals surface area (Å²) >= 11 is 0. The lowest BCUT2D eigenvalue weighted by atomic mass is 9.97. The summed E-state index contributed by atoms with van der Waals surface area (Å²) in [5.41, 5.74) is 0. The van der Waals surface area contributed by atoms with Crippen LogP contribution in [0.5, 0.6) is 0 Å². The molecule has 0 fully saturated rings. The second kappa shape index (κ2) is 15.0. The zero-order valence-electron chi connectivity index (χ0n) is 17.1. The molecule has 0 aromatic carbocycles. The van der Waals surface area contributed by atoms with Gasteiger partial charge in [0, 0.05) is 12.1 Å². The molecule has 152 valence electrons. The maximum Gasteiger partial charge on any atom is 0.266 e. The Labute approximate surface area is 157 Å². The lowest BCUT2D eigenvalue weighted by Crippen LogP contribution is -2.45. The van der Waals surface area contributed by atoms with Crippen LogP contribution < -0.4 is 5.32 Å². The highest BCUT2D eigenvalue weighted by Gasteiger charge is 2.23. The van der Waals surface area contributed by atoms with E-state index in [1.54, 1.807) is 0 Å². The highest BCUT2D eigenvalue weighted by atomic mass is 32.2. The van der Waals surface area contributed by atoms with E-state index in [2.05, 4.69) is 19.2 Å². The standard InChI is InChI=1S/C20H43NO3S/c1-5-7-9-11-13-15-19(16-14-12-10-8-6-2)21-20(18(3)4)17-25(22,23)24/h18-21H,5-17H2,1-4H3,(H,22,23,24). The van der Waals surface area contributed by atoms with Crippen molar-refractivity contribution in [1.29, 1.82) is 0 Å². The predicted molar refractivity (Wildman–Crippen MR) is 109 cm³/mol. The monoisotopic (exact) mass is 377 g/mol. The summed E-state index contributed by atoms with van der Waals surface area (Å²) in [7, 11) is -3.94. The van der Waals surface area contributed by atoms with Crippen molar-refractivity contribution < 1.29 is 13.0 Å². The van der Waals surface area contributed by atoms with Gasteiger partial charge in [0.25, 0.3) is 10.1 Å². The van der Waals surface area contributed by atoms with Gasteiger partial charge in [-0.15, -0.1) is 0 Å². The van der Waals surface area contributed by atoms with Crippen LogP contribution >= 0.6 is 0 Å². The Bertz CT molecular complexity index is 382. The summed E-state index contributed by atoms with van der Waals surface area (Å²) in [6.45, 7) is 8.48. The van der Waals surface area contributed by atoms with E-state index in [4.69, 9.17) is 0 Å². The van der Waals surface area contributed by atoms with E-state index in [1.165, 1.54) is 64.2 Å². The first-order chi connectivity index (χ1) is 11.8. The molecule has 0 bridgehead atoms. The van der Waals surface area contributed by atoms with E-state index in [0.717, 1.165) is 12.8 Å². The SMILES string of the molecule is CCCCCCCC(CCCCCCC)NC(CS(=O)(=O)O)C(C)C. The summed E-state index contributed by atoms with van der Waals surface area (Å²) in [5.74, 6) is -0.00284. The lowest BCUT2D eigenvalue weighted by Gasteiger charge is -2.28. The molecule has 1 atom stereocenters. The van der Waals surface area contributed by atoms with Gasteiger partial charge in [0.2, 0.25) is 0 Å². The number of hydrogen-bond donors (Lipinski definition) is 2. The molecule has 25 heavy (non-hydrogen) atoms. The molecule has 0 aromatic rings. The molecule has 2 N–H and O–H groups in total. The molecule has 0 saturated carbocycles. The molecule has 5 heteroatoms. The minimum Gasteiger partial charge on any atom is -0.310 e. The lowest BCUT2D eigenvalue weighted by molar-refractivity contribution is 0.328. The Kier molecular flexibility index (Phi) is 14.9. The van der Waals surface area contributed by atoms with Gasteiger partial charge >= 0.3 is 0 Å². The predicted octanol–water partition coefficient (Wildman–Crippen LogP) is 5.58. The first-order valence-corrected chi connectivity index (χ1v) is 12.1. The Hall–Kier alpha value is -0.130. The van der Waals surface area contributed by atoms with Crippen LogP contribution in [0.2, 0.25) is 0 Å². The topological polar surface area (TPSA) is 66.4 Å². The van der Waals surface area contributed by atoms with Gasteiger partial charge in [0.15, 0.2) is 0 Å². The Morgan fingerprint density at radius 3 is 1.60 bits per heavy atom. The van der Waals surface area contributed by atoms with Crippen molar-refractivity contribution in [2.45, 2.75) is 117 Å². The fourth-order valence-electron chi connectivity index (χ4n) is 3.26. The van der Waals surface area contributed by atoms with E-state index in [9.17, 15) is 13.0 Å². The average molecular weight is 378 g/mol. The van der Waals surface area contributed by atoms with Gasteiger partial charge in [0.05, 0.1) is 5.75 Å². The Morgan fingerprint density at radius 1 is 0.800 bits per heavy atom. The van der Waals surface area contributed by atoms with Crippen molar-refractivity contribution in [3.8, 4) is 0 Å². The molecule has 0 rings (SSSR count). The van der Waals surface area contributed by atoms with Crippen molar-refractivity contribution >= 4 is 10.1 Å². The third-order valence-electron chi connectivity index (χ3n) is 4.96. The number of rotatable bonds is 17. The van der Waals surface area contributed by atoms with Crippen molar-refractivity contribution in [2.24, 2.45) is 5.92 Å². The van der Waals surface area contributed by atoms with Gasteiger partial charge in [-0.05, 0) is 18.8 Å². The van der Waals surface area contributed by atoms with E-state index in [0.29, 0.717) is 6.04 Å². The first kappa shape index (κ1) is 24.9. The summed E-state index contributed by atoms with van der Waals surface area (Å²) in [4.78, 5) is 0. The molecule has 0 spiro atoms. The first-order valence-electron chi connectivity index (χ1n) is 10.5. The average Bonchev–Trinajstić information content (AvgIpc) is 2.52. The highest BCUT2D eigenvalue weighted by molar-refractivity contribution is 7.85. The molecule has 0 aliphatic carbocycles. The van der Waals surface area contributed by atoms with Crippen LogP contribution in [0.4, 0.5) is 0 Å². The second-order valence-electron chi connectivity index (χ2n) is 7.87. The molecule has 0 amide bonds. The van der Waals surface area contributed by atoms with Crippen LogP contribution in [-0.4, -0.2) is 30.8 Å². The molecule has 1 unspecified atom stereocenters. The maximum absolute atomic E-state index is 11.3. The van der Waals surface area contributed by atoms with Crippen molar-refractivity contribution in [3.05, 3.63) is 0 Å². The summed E-state index contributed by atoms with van der Waals surface area (Å²) in [6.07, 6.45) is 14.8. The zero-order valence-corrected chi connectivity index (χ0v) is 17.9. The van der Waals surface area contributed by atoms with Gasteiger partial charge < -0.3 is 5.32 Å². The van der Waals surface area contributed by atoms with Gasteiger partial charge in [-0.2, -0.15) is 8.42 Å². The van der Waals surface area contributed by atoms with Crippen molar-refractivity contribution in [3.63, 3.8) is 0 Å². The third-order valence-corrected chi connectivity index (χ3v) is 5.74. The molecule has 0 heterocycles. The summed E-state index contributed by atoms with van der Waals surface area (Å²) in [5, 5.41) is 3.55. The van der Waals surface area contributed by atoms with Crippen LogP contribution in [0.15, 0.2) is 0 Å².